The maximum absolute atomic E-state index is 5.59. The second kappa shape index (κ2) is 4.06. The second-order valence-electron chi connectivity index (χ2n) is 2.67. The Bertz CT molecular complexity index is 383. The van der Waals surface area contributed by atoms with Crippen LogP contribution in [0.5, 0.6) is 0 Å². The van der Waals surface area contributed by atoms with Crippen LogP contribution < -0.4 is 5.32 Å². The van der Waals surface area contributed by atoms with Crippen LogP contribution in [0, 0.1) is 0 Å². The second-order valence-corrected chi connectivity index (χ2v) is 3.06. The molecule has 0 aliphatic carbocycles. The zero-order chi connectivity index (χ0) is 9.80. The normalized spacial score (nSPS) is 10.1. The van der Waals surface area contributed by atoms with E-state index < -0.39 is 0 Å². The number of anilines is 1. The zero-order valence-electron chi connectivity index (χ0n) is 7.24. The van der Waals surface area contributed by atoms with Crippen LogP contribution in [0.1, 0.15) is 5.69 Å². The first-order chi connectivity index (χ1) is 6.84. The predicted molar refractivity (Wildman–Crippen MR) is 53.0 cm³/mol. The van der Waals surface area contributed by atoms with Crippen LogP contribution in [0.3, 0.4) is 0 Å². The highest BCUT2D eigenvalue weighted by atomic mass is 35.5. The minimum absolute atomic E-state index is 0.386. The summed E-state index contributed by atoms with van der Waals surface area (Å²) < 4.78 is 0. The SMILES string of the molecule is Clc1ccc(NCc2cnc[nH]2)nn1. The van der Waals surface area contributed by atoms with Gasteiger partial charge in [-0.3, -0.25) is 0 Å². The maximum atomic E-state index is 5.59. The fourth-order valence-electron chi connectivity index (χ4n) is 0.977. The first kappa shape index (κ1) is 8.96. The average Bonchev–Trinajstić information content (AvgIpc) is 2.70. The standard InChI is InChI=1S/C8H8ClN5/c9-7-1-2-8(14-13-7)11-4-6-3-10-5-12-6/h1-3,5H,4H2,(H,10,12)(H,11,14). The minimum atomic E-state index is 0.386. The highest BCUT2D eigenvalue weighted by Gasteiger charge is 1.96. The van der Waals surface area contributed by atoms with E-state index in [0.717, 1.165) is 5.69 Å². The van der Waals surface area contributed by atoms with Crippen molar-refractivity contribution in [2.45, 2.75) is 6.54 Å². The summed E-state index contributed by atoms with van der Waals surface area (Å²) in [7, 11) is 0. The monoisotopic (exact) mass is 209 g/mol. The van der Waals surface area contributed by atoms with Gasteiger partial charge in [0.2, 0.25) is 0 Å². The summed E-state index contributed by atoms with van der Waals surface area (Å²) in [5, 5.41) is 11.0. The van der Waals surface area contributed by atoms with Crippen molar-refractivity contribution in [1.29, 1.82) is 0 Å². The summed E-state index contributed by atoms with van der Waals surface area (Å²) >= 11 is 5.59. The molecular weight excluding hydrogens is 202 g/mol. The molecule has 0 amide bonds. The van der Waals surface area contributed by atoms with Gasteiger partial charge >= 0.3 is 0 Å². The van der Waals surface area contributed by atoms with Gasteiger partial charge in [-0.25, -0.2) is 4.98 Å². The molecule has 2 N–H and O–H groups in total. The number of aromatic amines is 1. The first-order valence-corrected chi connectivity index (χ1v) is 4.43. The van der Waals surface area contributed by atoms with Gasteiger partial charge in [0.15, 0.2) is 5.15 Å². The zero-order valence-corrected chi connectivity index (χ0v) is 7.99. The summed E-state index contributed by atoms with van der Waals surface area (Å²) in [6.07, 6.45) is 3.38. The molecule has 2 aromatic heterocycles. The Morgan fingerprint density at radius 1 is 1.36 bits per heavy atom. The summed E-state index contributed by atoms with van der Waals surface area (Å²) in [6, 6.07) is 3.45. The van der Waals surface area contributed by atoms with Crippen LogP contribution in [0.25, 0.3) is 0 Å². The van der Waals surface area contributed by atoms with E-state index >= 15 is 0 Å². The highest BCUT2D eigenvalue weighted by molar-refractivity contribution is 6.29. The van der Waals surface area contributed by atoms with E-state index in [-0.39, 0.29) is 0 Å². The molecule has 0 spiro atoms. The van der Waals surface area contributed by atoms with E-state index in [0.29, 0.717) is 17.5 Å². The van der Waals surface area contributed by atoms with Crippen molar-refractivity contribution >= 4 is 17.4 Å². The van der Waals surface area contributed by atoms with Gasteiger partial charge in [0.25, 0.3) is 0 Å². The van der Waals surface area contributed by atoms with Gasteiger partial charge in [-0.2, -0.15) is 0 Å². The molecule has 0 bridgehead atoms. The fraction of sp³-hybridized carbons (Fsp3) is 0.125. The number of nitrogens with zero attached hydrogens (tertiary/aromatic N) is 3. The third-order valence-electron chi connectivity index (χ3n) is 1.65. The number of hydrogen-bond acceptors (Lipinski definition) is 4. The van der Waals surface area contributed by atoms with Crippen molar-refractivity contribution in [2.75, 3.05) is 5.32 Å². The van der Waals surface area contributed by atoms with Gasteiger partial charge in [0, 0.05) is 6.20 Å². The molecule has 0 aliphatic heterocycles. The van der Waals surface area contributed by atoms with E-state index in [1.165, 1.54) is 0 Å². The van der Waals surface area contributed by atoms with Gasteiger partial charge in [0.1, 0.15) is 5.82 Å². The molecular formula is C8H8ClN5. The van der Waals surface area contributed by atoms with Gasteiger partial charge in [-0.1, -0.05) is 11.6 Å². The Kier molecular flexibility index (Phi) is 2.60. The Morgan fingerprint density at radius 3 is 2.93 bits per heavy atom. The van der Waals surface area contributed by atoms with Crippen molar-refractivity contribution in [3.63, 3.8) is 0 Å². The lowest BCUT2D eigenvalue weighted by atomic mass is 10.4. The summed E-state index contributed by atoms with van der Waals surface area (Å²) in [5.41, 5.74) is 0.988. The molecule has 0 fully saturated rings. The molecule has 0 radical (unpaired) electrons. The smallest absolute Gasteiger partial charge is 0.151 e. The first-order valence-electron chi connectivity index (χ1n) is 4.05. The Labute approximate surface area is 85.5 Å². The van der Waals surface area contributed by atoms with Gasteiger partial charge < -0.3 is 10.3 Å². The molecule has 2 heterocycles. The number of rotatable bonds is 3. The van der Waals surface area contributed by atoms with Crippen molar-refractivity contribution in [2.24, 2.45) is 0 Å². The van der Waals surface area contributed by atoms with E-state index in [2.05, 4.69) is 25.5 Å². The molecule has 0 aromatic carbocycles. The largest absolute Gasteiger partial charge is 0.363 e. The van der Waals surface area contributed by atoms with Crippen LogP contribution in [-0.4, -0.2) is 20.2 Å². The average molecular weight is 210 g/mol. The number of imidazole rings is 1. The van der Waals surface area contributed by atoms with Gasteiger partial charge in [0.05, 0.1) is 18.6 Å². The van der Waals surface area contributed by atoms with E-state index in [9.17, 15) is 0 Å². The van der Waals surface area contributed by atoms with Crippen LogP contribution >= 0.6 is 11.6 Å². The number of aromatic nitrogens is 4. The Hall–Kier alpha value is -1.62. The van der Waals surface area contributed by atoms with Crippen LogP contribution in [0.2, 0.25) is 5.15 Å². The summed E-state index contributed by atoms with van der Waals surface area (Å²) in [4.78, 5) is 6.87. The lowest BCUT2D eigenvalue weighted by Crippen LogP contribution is -2.02. The van der Waals surface area contributed by atoms with Gasteiger partial charge in [-0.05, 0) is 12.1 Å². The van der Waals surface area contributed by atoms with Gasteiger partial charge in [-0.15, -0.1) is 10.2 Å². The topological polar surface area (TPSA) is 66.5 Å². The number of H-pyrrole nitrogens is 1. The quantitative estimate of drug-likeness (QED) is 0.804. The molecule has 0 atom stereocenters. The van der Waals surface area contributed by atoms with E-state index in [4.69, 9.17) is 11.6 Å². The molecule has 0 aliphatic rings. The molecule has 2 aromatic rings. The molecule has 0 saturated heterocycles. The fourth-order valence-corrected chi connectivity index (χ4v) is 1.08. The number of hydrogen-bond donors (Lipinski definition) is 2. The third-order valence-corrected chi connectivity index (χ3v) is 1.85. The predicted octanol–water partition coefficient (Wildman–Crippen LogP) is 1.47. The molecule has 14 heavy (non-hydrogen) atoms. The Morgan fingerprint density at radius 2 is 2.29 bits per heavy atom. The van der Waals surface area contributed by atoms with Crippen LogP contribution in [0.15, 0.2) is 24.7 Å². The molecule has 2 rings (SSSR count). The molecule has 72 valence electrons. The van der Waals surface area contributed by atoms with Crippen LogP contribution in [-0.2, 0) is 6.54 Å². The van der Waals surface area contributed by atoms with Crippen molar-refractivity contribution in [3.8, 4) is 0 Å². The summed E-state index contributed by atoms with van der Waals surface area (Å²) in [6.45, 7) is 0.635. The van der Waals surface area contributed by atoms with E-state index in [1.54, 1.807) is 24.7 Å². The third kappa shape index (κ3) is 2.20. The molecule has 0 unspecified atom stereocenters. The Balaban J connectivity index is 1.95. The van der Waals surface area contributed by atoms with Crippen molar-refractivity contribution < 1.29 is 0 Å². The molecule has 6 heteroatoms. The lowest BCUT2D eigenvalue weighted by molar-refractivity contribution is 0.986. The van der Waals surface area contributed by atoms with Crippen molar-refractivity contribution in [3.05, 3.63) is 35.5 Å². The van der Waals surface area contributed by atoms with Crippen LogP contribution in [0.4, 0.5) is 5.82 Å². The lowest BCUT2D eigenvalue weighted by Gasteiger charge is -2.01. The minimum Gasteiger partial charge on any atom is -0.363 e. The molecule has 0 saturated carbocycles. The maximum Gasteiger partial charge on any atom is 0.151 e. The molecule has 5 nitrogen and oxygen atoms in total. The summed E-state index contributed by atoms with van der Waals surface area (Å²) in [5.74, 6) is 0.684. The number of nitrogens with one attached hydrogen (secondary N) is 2. The van der Waals surface area contributed by atoms with E-state index in [1.807, 2.05) is 0 Å². The highest BCUT2D eigenvalue weighted by Crippen LogP contribution is 2.06. The number of halogens is 1. The van der Waals surface area contributed by atoms with Crippen molar-refractivity contribution in [1.82, 2.24) is 20.2 Å².